The minimum absolute atomic E-state index is 0.0922. The second kappa shape index (κ2) is 38.2. The number of fused-ring (bicyclic) bond motifs is 3. The number of aliphatic hydroxyl groups excluding tert-OH is 5. The van der Waals surface area contributed by atoms with Crippen molar-refractivity contribution in [2.24, 2.45) is 17.8 Å². The van der Waals surface area contributed by atoms with E-state index in [9.17, 15) is 58.8 Å². The number of nitrogens with two attached hydrogens (primary N) is 1. The van der Waals surface area contributed by atoms with Crippen molar-refractivity contribution in [1.82, 2.24) is 9.55 Å². The maximum Gasteiger partial charge on any atom is 0.481 e. The van der Waals surface area contributed by atoms with Gasteiger partial charge in [0.25, 0.3) is 0 Å². The Labute approximate surface area is 457 Å². The monoisotopic (exact) mass is 1140 g/mol. The SMILES string of the molecule is CCCCC[C@H](O)C=C[C@@H]1[C@H](O)[C@H](O)[C@H]2COP(=O)(O)OP(=O)(O)OC[C@@H](COC(=O)CCCCCCCCCCCCCCCCCCC(C)C)OC(=O)CCCCCC[C@H]([C@H](n3ccc(N)nc3=O)O2)[C@@H](O)C[C@H]1O. The van der Waals surface area contributed by atoms with Gasteiger partial charge in [0.05, 0.1) is 37.6 Å². The minimum atomic E-state index is -5.69. The molecule has 2 aliphatic rings. The van der Waals surface area contributed by atoms with Gasteiger partial charge >= 0.3 is 33.3 Å². The number of aromatic nitrogens is 2. The van der Waals surface area contributed by atoms with Crippen molar-refractivity contribution >= 4 is 33.4 Å². The molecule has 446 valence electrons. The highest BCUT2D eigenvalue weighted by atomic mass is 31.3. The number of anilines is 1. The van der Waals surface area contributed by atoms with Gasteiger partial charge in [-0.25, -0.2) is 13.9 Å². The lowest BCUT2D eigenvalue weighted by Gasteiger charge is -2.41. The lowest BCUT2D eigenvalue weighted by Crippen LogP contribution is -2.52. The molecule has 0 aliphatic carbocycles. The molecule has 3 rings (SSSR count). The summed E-state index contributed by atoms with van der Waals surface area (Å²) in [5, 5.41) is 57.6. The van der Waals surface area contributed by atoms with Gasteiger partial charge in [-0.1, -0.05) is 174 Å². The summed E-state index contributed by atoms with van der Waals surface area (Å²) >= 11 is 0. The highest BCUT2D eigenvalue weighted by Crippen LogP contribution is 2.60. The molecule has 2 bridgehead atoms. The molecule has 2 unspecified atom stereocenters. The number of nitrogen functional groups attached to an aromatic ring is 1. The molecule has 0 radical (unpaired) electrons. The average Bonchev–Trinajstić information content (AvgIpc) is 3.36. The van der Waals surface area contributed by atoms with E-state index in [1.165, 1.54) is 101 Å². The summed E-state index contributed by atoms with van der Waals surface area (Å²) in [5.74, 6) is -3.16. The lowest BCUT2D eigenvalue weighted by atomic mass is 9.82. The standard InChI is InChI=1S/C54H97N3O18P2/c1-4-5-22-28-41(58)32-33-43-45(59)36-46(60)44-29-24-20-21-26-31-50(62)73-42(37-70-49(61)30-25-19-17-15-13-11-9-7-6-8-10-12-14-16-18-23-27-40(2)3)38-71-76(66,67)75-77(68,69)72-39-47(52(64)51(43)63)74-53(44)57-35-34-48(55)56-54(57)65/h32-35,40-47,51-53,58-60,63-64H,4-31,36-39H2,1-3H3,(H,66,67)(H,68,69)(H2,55,56,65)/t41-,42+,43-,44-,45+,46-,47+,51-,52+,53+/m0/s1. The van der Waals surface area contributed by atoms with Crippen LogP contribution < -0.4 is 11.4 Å². The van der Waals surface area contributed by atoms with Gasteiger partial charge in [-0.2, -0.15) is 9.29 Å². The van der Waals surface area contributed by atoms with E-state index in [1.807, 2.05) is 6.92 Å². The molecule has 0 aromatic carbocycles. The van der Waals surface area contributed by atoms with Gasteiger partial charge in [-0.3, -0.25) is 23.2 Å². The summed E-state index contributed by atoms with van der Waals surface area (Å²) in [4.78, 5) is 64.4. The predicted octanol–water partition coefficient (Wildman–Crippen LogP) is 9.02. The summed E-state index contributed by atoms with van der Waals surface area (Å²) in [6, 6.07) is 1.26. The third kappa shape index (κ3) is 29.1. The van der Waals surface area contributed by atoms with E-state index in [2.05, 4.69) is 23.1 Å². The van der Waals surface area contributed by atoms with Crippen molar-refractivity contribution in [3.8, 4) is 0 Å². The number of aliphatic hydroxyl groups is 5. The first kappa shape index (κ1) is 68.7. The Balaban J connectivity index is 1.65. The molecule has 12 atom stereocenters. The maximum atomic E-state index is 13.4. The first-order valence-electron chi connectivity index (χ1n) is 28.8. The van der Waals surface area contributed by atoms with Gasteiger partial charge in [0.1, 0.15) is 30.9 Å². The molecule has 1 aromatic heterocycles. The lowest BCUT2D eigenvalue weighted by molar-refractivity contribution is -0.195. The third-order valence-electron chi connectivity index (χ3n) is 14.4. The fraction of sp³-hybridized carbons (Fsp3) is 0.852. The maximum absolute atomic E-state index is 13.4. The number of nitrogens with zero attached hydrogens (tertiary/aromatic N) is 2. The Bertz CT molecular complexity index is 1980. The van der Waals surface area contributed by atoms with Crippen LogP contribution in [-0.4, -0.2) is 119 Å². The number of hydrogen-bond acceptors (Lipinski definition) is 18. The fourth-order valence-electron chi connectivity index (χ4n) is 9.81. The summed E-state index contributed by atoms with van der Waals surface area (Å²) in [6.45, 7) is 3.92. The number of rotatable bonds is 28. The fourth-order valence-corrected chi connectivity index (χ4v) is 11.9. The summed E-state index contributed by atoms with van der Waals surface area (Å²) in [7, 11) is -11.3. The number of unbranched alkanes of at least 4 members (excludes halogenated alkanes) is 17. The van der Waals surface area contributed by atoms with E-state index in [0.717, 1.165) is 49.0 Å². The number of phosphoric ester groups is 2. The van der Waals surface area contributed by atoms with E-state index in [4.69, 9.17) is 29.0 Å². The van der Waals surface area contributed by atoms with E-state index in [1.54, 1.807) is 0 Å². The van der Waals surface area contributed by atoms with Gasteiger partial charge in [0.15, 0.2) is 6.10 Å². The van der Waals surface area contributed by atoms with E-state index >= 15 is 0 Å². The zero-order valence-corrected chi connectivity index (χ0v) is 48.1. The Morgan fingerprint density at radius 1 is 0.792 bits per heavy atom. The molecule has 2 saturated heterocycles. The van der Waals surface area contributed by atoms with Gasteiger partial charge < -0.3 is 55.3 Å². The molecule has 3 heterocycles. The molecule has 23 heteroatoms. The second-order valence-electron chi connectivity index (χ2n) is 21.6. The number of cyclic esters (lactones) is 1. The van der Waals surface area contributed by atoms with E-state index < -0.39 is 120 Å². The van der Waals surface area contributed by atoms with Crippen LogP contribution in [0.1, 0.15) is 213 Å². The molecule has 0 amide bonds. The van der Waals surface area contributed by atoms with E-state index in [-0.39, 0.29) is 25.1 Å². The second-order valence-corrected chi connectivity index (χ2v) is 24.6. The van der Waals surface area contributed by atoms with Gasteiger partial charge in [-0.15, -0.1) is 0 Å². The van der Waals surface area contributed by atoms with Crippen LogP contribution in [0.15, 0.2) is 29.2 Å². The van der Waals surface area contributed by atoms with Crippen LogP contribution in [0.4, 0.5) is 5.82 Å². The zero-order valence-electron chi connectivity index (χ0n) is 46.3. The molecule has 77 heavy (non-hydrogen) atoms. The number of phosphoric acid groups is 2. The van der Waals surface area contributed by atoms with Crippen molar-refractivity contribution in [3.05, 3.63) is 34.9 Å². The number of hydrogen-bond donors (Lipinski definition) is 8. The van der Waals surface area contributed by atoms with Crippen LogP contribution in [0.25, 0.3) is 0 Å². The van der Waals surface area contributed by atoms with Crippen molar-refractivity contribution in [3.63, 3.8) is 0 Å². The molecule has 21 nitrogen and oxygen atoms in total. The van der Waals surface area contributed by atoms with Crippen molar-refractivity contribution in [2.75, 3.05) is 25.6 Å². The Morgan fingerprint density at radius 3 is 1.96 bits per heavy atom. The molecule has 1 aromatic rings. The summed E-state index contributed by atoms with van der Waals surface area (Å²) in [6.07, 6.45) is 15.1. The quantitative estimate of drug-likeness (QED) is 0.0168. The van der Waals surface area contributed by atoms with Crippen LogP contribution in [0.5, 0.6) is 0 Å². The van der Waals surface area contributed by atoms with Crippen molar-refractivity contribution < 1.29 is 81.6 Å². The first-order valence-corrected chi connectivity index (χ1v) is 31.8. The average molecular weight is 1140 g/mol. The van der Waals surface area contributed by atoms with Gasteiger partial charge in [-0.05, 0) is 37.7 Å². The Kier molecular flexibility index (Phi) is 34.0. The summed E-state index contributed by atoms with van der Waals surface area (Å²) in [5.41, 5.74) is 4.82. The first-order chi connectivity index (χ1) is 36.7. The number of carbonyl (C=O) groups is 2. The van der Waals surface area contributed by atoms with Crippen LogP contribution in [-0.2, 0) is 46.3 Å². The third-order valence-corrected chi connectivity index (χ3v) is 17.0. The van der Waals surface area contributed by atoms with Crippen LogP contribution in [0.3, 0.4) is 0 Å². The largest absolute Gasteiger partial charge is 0.481 e. The molecular weight excluding hydrogens is 1040 g/mol. The molecule has 0 saturated carbocycles. The molecular formula is C54H97N3O18P2. The molecule has 0 spiro atoms. The topological polar surface area (TPSA) is 326 Å². The van der Waals surface area contributed by atoms with Gasteiger partial charge in [0, 0.05) is 37.3 Å². The molecule has 2 fully saturated rings. The zero-order chi connectivity index (χ0) is 56.6. The Hall–Kier alpha value is -2.62. The van der Waals surface area contributed by atoms with Crippen LogP contribution in [0.2, 0.25) is 0 Å². The van der Waals surface area contributed by atoms with Crippen molar-refractivity contribution in [1.29, 1.82) is 0 Å². The van der Waals surface area contributed by atoms with E-state index in [0.29, 0.717) is 44.9 Å². The highest BCUT2D eigenvalue weighted by molar-refractivity contribution is 7.61. The normalized spacial score (nSPS) is 29.3. The number of esters is 2. The van der Waals surface area contributed by atoms with Crippen LogP contribution in [0, 0.1) is 17.8 Å². The number of carbonyl (C=O) groups excluding carboxylic acids is 2. The van der Waals surface area contributed by atoms with Gasteiger partial charge in [0.2, 0.25) is 0 Å². The van der Waals surface area contributed by atoms with Crippen molar-refractivity contribution in [2.45, 2.75) is 256 Å². The smallest absolute Gasteiger partial charge is 0.462 e. The number of ether oxygens (including phenoxy) is 3. The minimum Gasteiger partial charge on any atom is -0.462 e. The summed E-state index contributed by atoms with van der Waals surface area (Å²) < 4.78 is 59.3. The predicted molar refractivity (Wildman–Crippen MR) is 291 cm³/mol. The highest BCUT2D eigenvalue weighted by Gasteiger charge is 2.45. The Morgan fingerprint density at radius 2 is 1.36 bits per heavy atom. The molecule has 9 N–H and O–H groups in total. The molecule has 2 aliphatic heterocycles. The van der Waals surface area contributed by atoms with Crippen LogP contribution >= 0.6 is 15.6 Å².